The molecule has 1 saturated carbocycles. The van der Waals surface area contributed by atoms with Crippen LogP contribution >= 0.6 is 0 Å². The number of ether oxygens (including phenoxy) is 3. The van der Waals surface area contributed by atoms with Crippen molar-refractivity contribution in [3.8, 4) is 0 Å². The van der Waals surface area contributed by atoms with Crippen molar-refractivity contribution in [3.63, 3.8) is 0 Å². The van der Waals surface area contributed by atoms with E-state index < -0.39 is 36.6 Å². The lowest BCUT2D eigenvalue weighted by atomic mass is 9.84. The minimum Gasteiger partial charge on any atom is -0.387 e. The number of hydrogen-bond acceptors (Lipinski definition) is 6. The van der Waals surface area contributed by atoms with Gasteiger partial charge >= 0.3 is 0 Å². The molecule has 0 unspecified atom stereocenters. The number of aliphatic hydroxyl groups is 3. The van der Waals surface area contributed by atoms with Crippen molar-refractivity contribution in [1.82, 2.24) is 0 Å². The van der Waals surface area contributed by atoms with Crippen molar-refractivity contribution < 1.29 is 29.5 Å². The van der Waals surface area contributed by atoms with Gasteiger partial charge in [0.2, 0.25) is 0 Å². The smallest absolute Gasteiger partial charge is 0.115 e. The number of aliphatic hydroxyl groups excluding tert-OH is 3. The van der Waals surface area contributed by atoms with E-state index >= 15 is 0 Å². The highest BCUT2D eigenvalue weighted by Crippen LogP contribution is 2.30. The average Bonchev–Trinajstić information content (AvgIpc) is 2.86. The summed E-state index contributed by atoms with van der Waals surface area (Å²) in [6.07, 6.45) is -6.68. The molecule has 0 bridgehead atoms. The topological polar surface area (TPSA) is 88.4 Å². The molecule has 174 valence electrons. The Hall–Kier alpha value is -2.58. The molecule has 3 aromatic carbocycles. The maximum atomic E-state index is 11.1. The predicted molar refractivity (Wildman–Crippen MR) is 123 cm³/mol. The molecular weight excluding hydrogens is 420 g/mol. The van der Waals surface area contributed by atoms with E-state index in [1.807, 2.05) is 91.0 Å². The maximum absolute atomic E-state index is 11.1. The van der Waals surface area contributed by atoms with Crippen LogP contribution in [0.2, 0.25) is 0 Å². The van der Waals surface area contributed by atoms with Crippen LogP contribution in [-0.2, 0) is 34.0 Å². The van der Waals surface area contributed by atoms with Crippen LogP contribution < -0.4 is 0 Å². The lowest BCUT2D eigenvalue weighted by molar-refractivity contribution is -0.262. The summed E-state index contributed by atoms with van der Waals surface area (Å²) in [6, 6.07) is 28.6. The second-order valence-corrected chi connectivity index (χ2v) is 8.26. The van der Waals surface area contributed by atoms with Crippen molar-refractivity contribution in [2.75, 3.05) is 0 Å². The van der Waals surface area contributed by atoms with Gasteiger partial charge < -0.3 is 29.5 Å². The van der Waals surface area contributed by atoms with E-state index in [0.29, 0.717) is 0 Å². The second-order valence-electron chi connectivity index (χ2n) is 8.26. The Labute approximate surface area is 194 Å². The van der Waals surface area contributed by atoms with E-state index in [2.05, 4.69) is 0 Å². The van der Waals surface area contributed by atoms with E-state index in [9.17, 15) is 15.3 Å². The number of hydrogen-bond donors (Lipinski definition) is 3. The number of rotatable bonds is 9. The van der Waals surface area contributed by atoms with Crippen LogP contribution in [0.5, 0.6) is 0 Å². The highest BCUT2D eigenvalue weighted by molar-refractivity contribution is 5.16. The molecule has 1 fully saturated rings. The Morgan fingerprint density at radius 2 is 0.727 bits per heavy atom. The summed E-state index contributed by atoms with van der Waals surface area (Å²) in [6.45, 7) is 0.623. The van der Waals surface area contributed by atoms with Crippen LogP contribution in [-0.4, -0.2) is 51.9 Å². The van der Waals surface area contributed by atoms with Crippen LogP contribution in [0, 0.1) is 0 Å². The van der Waals surface area contributed by atoms with Crippen LogP contribution in [0.25, 0.3) is 0 Å². The van der Waals surface area contributed by atoms with Gasteiger partial charge in [0.1, 0.15) is 36.6 Å². The summed E-state index contributed by atoms with van der Waals surface area (Å²) in [5.74, 6) is 0. The van der Waals surface area contributed by atoms with Crippen LogP contribution in [0.4, 0.5) is 0 Å². The third-order valence-corrected chi connectivity index (χ3v) is 5.88. The molecule has 3 N–H and O–H groups in total. The largest absolute Gasteiger partial charge is 0.387 e. The van der Waals surface area contributed by atoms with E-state index in [1.165, 1.54) is 0 Å². The molecular formula is C27H30O6. The maximum Gasteiger partial charge on any atom is 0.115 e. The summed E-state index contributed by atoms with van der Waals surface area (Å²) in [5.41, 5.74) is 2.74. The van der Waals surface area contributed by atoms with E-state index in [1.54, 1.807) is 0 Å². The van der Waals surface area contributed by atoms with Gasteiger partial charge in [-0.15, -0.1) is 0 Å². The molecule has 1 aliphatic carbocycles. The molecule has 0 heterocycles. The zero-order valence-electron chi connectivity index (χ0n) is 18.3. The van der Waals surface area contributed by atoms with Crippen LogP contribution in [0.1, 0.15) is 16.7 Å². The van der Waals surface area contributed by atoms with Gasteiger partial charge in [-0.1, -0.05) is 91.0 Å². The molecule has 6 nitrogen and oxygen atoms in total. The first-order valence-electron chi connectivity index (χ1n) is 11.1. The number of benzene rings is 3. The molecule has 0 radical (unpaired) electrons. The van der Waals surface area contributed by atoms with Crippen molar-refractivity contribution in [2.45, 2.75) is 56.4 Å². The fourth-order valence-electron chi connectivity index (χ4n) is 4.05. The third-order valence-electron chi connectivity index (χ3n) is 5.88. The molecule has 6 heteroatoms. The lowest BCUT2D eigenvalue weighted by Gasteiger charge is -2.45. The second kappa shape index (κ2) is 11.5. The Morgan fingerprint density at radius 3 is 1.12 bits per heavy atom. The first kappa shape index (κ1) is 23.6. The summed E-state index contributed by atoms with van der Waals surface area (Å²) in [4.78, 5) is 0. The van der Waals surface area contributed by atoms with Crippen molar-refractivity contribution in [3.05, 3.63) is 108 Å². The van der Waals surface area contributed by atoms with Crippen LogP contribution in [0.15, 0.2) is 91.0 Å². The highest BCUT2D eigenvalue weighted by Gasteiger charge is 2.51. The molecule has 33 heavy (non-hydrogen) atoms. The van der Waals surface area contributed by atoms with Crippen molar-refractivity contribution in [1.29, 1.82) is 0 Å². The SMILES string of the molecule is O[C@@H]1[C@H](O)[C@@H](OCc2ccccc2)[C@@H](O)[C@H](OCc2ccccc2)[C@H]1OCc1ccccc1. The monoisotopic (exact) mass is 450 g/mol. The Balaban J connectivity index is 1.49. The Kier molecular flexibility index (Phi) is 8.23. The normalized spacial score (nSPS) is 27.4. The van der Waals surface area contributed by atoms with Gasteiger partial charge in [-0.05, 0) is 16.7 Å². The summed E-state index contributed by atoms with van der Waals surface area (Å²) >= 11 is 0. The molecule has 6 atom stereocenters. The summed E-state index contributed by atoms with van der Waals surface area (Å²) < 4.78 is 17.9. The fraction of sp³-hybridized carbons (Fsp3) is 0.333. The zero-order chi connectivity index (χ0) is 23.0. The van der Waals surface area contributed by atoms with Gasteiger partial charge in [-0.2, -0.15) is 0 Å². The molecule has 3 aromatic rings. The van der Waals surface area contributed by atoms with Gasteiger partial charge in [0.05, 0.1) is 19.8 Å². The molecule has 4 rings (SSSR count). The van der Waals surface area contributed by atoms with Gasteiger partial charge in [0.15, 0.2) is 0 Å². The molecule has 0 spiro atoms. The minimum atomic E-state index is -1.33. The Morgan fingerprint density at radius 1 is 0.424 bits per heavy atom. The first-order valence-corrected chi connectivity index (χ1v) is 11.1. The molecule has 0 aromatic heterocycles. The van der Waals surface area contributed by atoms with E-state index in [4.69, 9.17) is 14.2 Å². The zero-order valence-corrected chi connectivity index (χ0v) is 18.3. The van der Waals surface area contributed by atoms with Gasteiger partial charge in [0.25, 0.3) is 0 Å². The molecule has 0 saturated heterocycles. The highest BCUT2D eigenvalue weighted by atomic mass is 16.6. The van der Waals surface area contributed by atoms with Gasteiger partial charge in [0, 0.05) is 0 Å². The molecule has 0 aliphatic heterocycles. The lowest BCUT2D eigenvalue weighted by Crippen LogP contribution is -2.65. The first-order chi connectivity index (χ1) is 16.1. The quantitative estimate of drug-likeness (QED) is 0.465. The van der Waals surface area contributed by atoms with E-state index in [0.717, 1.165) is 16.7 Å². The van der Waals surface area contributed by atoms with Crippen molar-refractivity contribution in [2.24, 2.45) is 0 Å². The average molecular weight is 451 g/mol. The summed E-state index contributed by atoms with van der Waals surface area (Å²) in [7, 11) is 0. The fourth-order valence-corrected chi connectivity index (χ4v) is 4.05. The van der Waals surface area contributed by atoms with Crippen LogP contribution in [0.3, 0.4) is 0 Å². The van der Waals surface area contributed by atoms with Crippen molar-refractivity contribution >= 4 is 0 Å². The minimum absolute atomic E-state index is 0.188. The van der Waals surface area contributed by atoms with E-state index in [-0.39, 0.29) is 19.8 Å². The Bertz CT molecular complexity index is 952. The van der Waals surface area contributed by atoms with Gasteiger partial charge in [-0.3, -0.25) is 0 Å². The summed E-state index contributed by atoms with van der Waals surface area (Å²) in [5, 5.41) is 32.8. The third kappa shape index (κ3) is 6.06. The predicted octanol–water partition coefficient (Wildman–Crippen LogP) is 2.84. The molecule has 1 aliphatic rings. The molecule has 0 amide bonds. The van der Waals surface area contributed by atoms with Gasteiger partial charge in [-0.25, -0.2) is 0 Å². The standard InChI is InChI=1S/C27H30O6/c28-22-23(29)26(32-17-20-12-6-2-7-13-20)27(33-18-21-14-8-3-9-15-21)24(30)25(22)31-16-19-10-4-1-5-11-19/h1-15,22-30H,16-18H2/t22-,23+,24+,25+,26-,27-/m0/s1.